The van der Waals surface area contributed by atoms with Crippen LogP contribution in [0, 0.1) is 16.7 Å². The molecule has 1 aliphatic carbocycles. The minimum Gasteiger partial charge on any atom is -0.341 e. The molecule has 15 heavy (non-hydrogen) atoms. The number of nitrogens with two attached hydrogens (primary N) is 1. The van der Waals surface area contributed by atoms with Gasteiger partial charge in [-0.25, -0.2) is 0 Å². The second-order valence-electron chi connectivity index (χ2n) is 4.13. The van der Waals surface area contributed by atoms with Crippen LogP contribution in [0.2, 0.25) is 0 Å². The predicted molar refractivity (Wildman–Crippen MR) is 57.8 cm³/mol. The van der Waals surface area contributed by atoms with Crippen molar-refractivity contribution in [3.8, 4) is 6.07 Å². The molecule has 1 aliphatic rings. The third kappa shape index (κ3) is 2.29. The number of nitrogens with zero attached hydrogens (tertiary/aromatic N) is 2. The molecule has 0 spiro atoms. The highest BCUT2D eigenvalue weighted by Crippen LogP contribution is 2.41. The summed E-state index contributed by atoms with van der Waals surface area (Å²) in [7, 11) is 0. The normalized spacial score (nSPS) is 17.7. The van der Waals surface area contributed by atoms with Crippen LogP contribution in [0.4, 0.5) is 0 Å². The first-order valence-electron chi connectivity index (χ1n) is 5.56. The van der Waals surface area contributed by atoms with E-state index >= 15 is 0 Å². The molecule has 0 bridgehead atoms. The topological polar surface area (TPSA) is 70.1 Å². The number of amides is 1. The van der Waals surface area contributed by atoms with Gasteiger partial charge in [-0.2, -0.15) is 5.26 Å². The second kappa shape index (κ2) is 5.13. The van der Waals surface area contributed by atoms with Gasteiger partial charge in [0.25, 0.3) is 0 Å². The van der Waals surface area contributed by atoms with E-state index in [0.29, 0.717) is 26.1 Å². The van der Waals surface area contributed by atoms with Gasteiger partial charge in [0.1, 0.15) is 0 Å². The molecule has 0 aliphatic heterocycles. The average Bonchev–Trinajstić information content (AvgIpc) is 2.18. The van der Waals surface area contributed by atoms with Gasteiger partial charge in [0.05, 0.1) is 17.9 Å². The van der Waals surface area contributed by atoms with Crippen LogP contribution in [0.1, 0.15) is 32.6 Å². The van der Waals surface area contributed by atoms with Crippen molar-refractivity contribution in [2.24, 2.45) is 11.1 Å². The number of carbonyl (C=O) groups excluding carboxylic acids is 1. The molecular formula is C11H19N3O. The standard InChI is InChI=1S/C11H19N3O/c1-2-14(8-4-7-12)10(15)11(9-13)5-3-6-11/h2-6,8-9,13H2,1H3. The number of rotatable bonds is 5. The van der Waals surface area contributed by atoms with Crippen molar-refractivity contribution >= 4 is 5.91 Å². The fraction of sp³-hybridized carbons (Fsp3) is 0.818. The molecule has 84 valence electrons. The van der Waals surface area contributed by atoms with Gasteiger partial charge in [0.15, 0.2) is 0 Å². The summed E-state index contributed by atoms with van der Waals surface area (Å²) in [5.41, 5.74) is 5.38. The van der Waals surface area contributed by atoms with Crippen LogP contribution in [0.15, 0.2) is 0 Å². The average molecular weight is 209 g/mol. The van der Waals surface area contributed by atoms with E-state index in [9.17, 15) is 4.79 Å². The Kier molecular flexibility index (Phi) is 4.10. The highest BCUT2D eigenvalue weighted by atomic mass is 16.2. The molecule has 0 unspecified atom stereocenters. The predicted octanol–water partition coefficient (Wildman–Crippen LogP) is 0.878. The number of hydrogen-bond donors (Lipinski definition) is 1. The molecule has 0 aromatic carbocycles. The van der Waals surface area contributed by atoms with E-state index in [4.69, 9.17) is 11.0 Å². The van der Waals surface area contributed by atoms with Crippen molar-refractivity contribution in [1.82, 2.24) is 4.90 Å². The van der Waals surface area contributed by atoms with Crippen molar-refractivity contribution in [2.75, 3.05) is 19.6 Å². The van der Waals surface area contributed by atoms with Gasteiger partial charge < -0.3 is 10.6 Å². The summed E-state index contributed by atoms with van der Waals surface area (Å²) in [6.07, 6.45) is 3.32. The lowest BCUT2D eigenvalue weighted by Gasteiger charge is -2.42. The van der Waals surface area contributed by atoms with Crippen molar-refractivity contribution in [3.63, 3.8) is 0 Å². The maximum atomic E-state index is 12.2. The van der Waals surface area contributed by atoms with Crippen LogP contribution in [0.5, 0.6) is 0 Å². The van der Waals surface area contributed by atoms with Crippen molar-refractivity contribution in [1.29, 1.82) is 5.26 Å². The van der Waals surface area contributed by atoms with E-state index in [-0.39, 0.29) is 11.3 Å². The second-order valence-corrected chi connectivity index (χ2v) is 4.13. The first-order valence-corrected chi connectivity index (χ1v) is 5.56. The Morgan fingerprint density at radius 3 is 2.60 bits per heavy atom. The molecular weight excluding hydrogens is 190 g/mol. The smallest absolute Gasteiger partial charge is 0.230 e. The lowest BCUT2D eigenvalue weighted by Crippen LogP contribution is -2.52. The number of carbonyl (C=O) groups is 1. The first kappa shape index (κ1) is 12.0. The molecule has 0 saturated heterocycles. The van der Waals surface area contributed by atoms with Gasteiger partial charge in [-0.15, -0.1) is 0 Å². The van der Waals surface area contributed by atoms with E-state index in [2.05, 4.69) is 6.07 Å². The SMILES string of the molecule is CCN(CCC#N)C(=O)C1(CN)CCC1. The summed E-state index contributed by atoms with van der Waals surface area (Å²) in [5.74, 6) is 0.147. The summed E-state index contributed by atoms with van der Waals surface area (Å²) < 4.78 is 0. The molecule has 1 rings (SSSR count). The Morgan fingerprint density at radius 1 is 1.60 bits per heavy atom. The molecule has 0 aromatic heterocycles. The summed E-state index contributed by atoms with van der Waals surface area (Å²) in [4.78, 5) is 13.9. The quantitative estimate of drug-likeness (QED) is 0.730. The summed E-state index contributed by atoms with van der Waals surface area (Å²) in [6.45, 7) is 3.59. The maximum Gasteiger partial charge on any atom is 0.230 e. The Bertz CT molecular complexity index is 260. The minimum atomic E-state index is -0.300. The van der Waals surface area contributed by atoms with E-state index in [1.165, 1.54) is 0 Å². The Hall–Kier alpha value is -1.08. The summed E-state index contributed by atoms with van der Waals surface area (Å²) in [6, 6.07) is 2.07. The van der Waals surface area contributed by atoms with E-state index in [0.717, 1.165) is 19.3 Å². The fourth-order valence-electron chi connectivity index (χ4n) is 2.03. The molecule has 1 fully saturated rings. The molecule has 2 N–H and O–H groups in total. The molecule has 1 amide bonds. The monoisotopic (exact) mass is 209 g/mol. The zero-order valence-corrected chi connectivity index (χ0v) is 9.33. The van der Waals surface area contributed by atoms with Crippen molar-refractivity contribution < 1.29 is 4.79 Å². The summed E-state index contributed by atoms with van der Waals surface area (Å²) >= 11 is 0. The highest BCUT2D eigenvalue weighted by Gasteiger charge is 2.44. The lowest BCUT2D eigenvalue weighted by molar-refractivity contribution is -0.146. The highest BCUT2D eigenvalue weighted by molar-refractivity contribution is 5.83. The third-order valence-corrected chi connectivity index (χ3v) is 3.32. The molecule has 1 saturated carbocycles. The van der Waals surface area contributed by atoms with Gasteiger partial charge >= 0.3 is 0 Å². The third-order valence-electron chi connectivity index (χ3n) is 3.32. The molecule has 0 aromatic rings. The Morgan fingerprint density at radius 2 is 2.27 bits per heavy atom. The Labute approximate surface area is 91.0 Å². The largest absolute Gasteiger partial charge is 0.341 e. The van der Waals surface area contributed by atoms with E-state index in [1.54, 1.807) is 4.90 Å². The molecule has 0 heterocycles. The first-order chi connectivity index (χ1) is 7.20. The lowest BCUT2D eigenvalue weighted by atomic mass is 9.68. The van der Waals surface area contributed by atoms with Crippen LogP contribution in [-0.4, -0.2) is 30.4 Å². The van der Waals surface area contributed by atoms with Crippen LogP contribution >= 0.6 is 0 Å². The molecule has 4 nitrogen and oxygen atoms in total. The maximum absolute atomic E-state index is 12.2. The van der Waals surface area contributed by atoms with Crippen LogP contribution < -0.4 is 5.73 Å². The van der Waals surface area contributed by atoms with Gasteiger partial charge in [0.2, 0.25) is 5.91 Å². The molecule has 4 heteroatoms. The van der Waals surface area contributed by atoms with Crippen LogP contribution in [0.3, 0.4) is 0 Å². The molecule has 0 atom stereocenters. The number of nitriles is 1. The van der Waals surface area contributed by atoms with E-state index in [1.807, 2.05) is 6.92 Å². The number of hydrogen-bond acceptors (Lipinski definition) is 3. The van der Waals surface area contributed by atoms with Crippen LogP contribution in [0.25, 0.3) is 0 Å². The zero-order chi connectivity index (χ0) is 11.3. The molecule has 0 radical (unpaired) electrons. The minimum absolute atomic E-state index is 0.147. The van der Waals surface area contributed by atoms with Gasteiger partial charge in [-0.1, -0.05) is 6.42 Å². The van der Waals surface area contributed by atoms with Crippen LogP contribution in [-0.2, 0) is 4.79 Å². The Balaban J connectivity index is 2.59. The van der Waals surface area contributed by atoms with Gasteiger partial charge in [-0.05, 0) is 19.8 Å². The van der Waals surface area contributed by atoms with Crippen molar-refractivity contribution in [2.45, 2.75) is 32.6 Å². The van der Waals surface area contributed by atoms with Gasteiger partial charge in [-0.3, -0.25) is 4.79 Å². The van der Waals surface area contributed by atoms with E-state index < -0.39 is 0 Å². The van der Waals surface area contributed by atoms with Gasteiger partial charge in [0, 0.05) is 19.6 Å². The zero-order valence-electron chi connectivity index (χ0n) is 9.33. The van der Waals surface area contributed by atoms with Crippen molar-refractivity contribution in [3.05, 3.63) is 0 Å². The fourth-order valence-corrected chi connectivity index (χ4v) is 2.03. The summed E-state index contributed by atoms with van der Waals surface area (Å²) in [5, 5.41) is 8.51.